The predicted molar refractivity (Wildman–Crippen MR) is 264 cm³/mol. The number of fused-ring (bicyclic) bond motifs is 6. The van der Waals surface area contributed by atoms with E-state index >= 15 is 0 Å². The van der Waals surface area contributed by atoms with Crippen molar-refractivity contribution >= 4 is 62.1 Å². The molecule has 11 rings (SSSR count). The highest BCUT2D eigenvalue weighted by Gasteiger charge is 2.26. The van der Waals surface area contributed by atoms with Gasteiger partial charge in [0, 0.05) is 32.9 Å². The quantitative estimate of drug-likeness (QED) is 0.136. The van der Waals surface area contributed by atoms with Gasteiger partial charge in [-0.2, -0.15) is 0 Å². The van der Waals surface area contributed by atoms with Gasteiger partial charge in [0.2, 0.25) is 0 Å². The third kappa shape index (κ3) is 6.32. The van der Waals surface area contributed by atoms with Gasteiger partial charge in [0.25, 0.3) is 0 Å². The van der Waals surface area contributed by atoms with Crippen molar-refractivity contribution in [1.29, 1.82) is 0 Å². The van der Waals surface area contributed by atoms with Crippen LogP contribution in [0.1, 0.15) is 12.5 Å². The van der Waals surface area contributed by atoms with Crippen LogP contribution in [0.2, 0.25) is 13.1 Å². The molecule has 0 saturated carbocycles. The Balaban J connectivity index is 0.965. The number of hydrogen-bond acceptors (Lipinski definition) is 0. The minimum Gasteiger partial charge on any atom is -0.309 e. The fraction of sp³-hybridized carbons (Fsp3) is 0.0690. The number of rotatable bonds is 8. The van der Waals surface area contributed by atoms with E-state index in [1.807, 2.05) is 0 Å². The van der Waals surface area contributed by atoms with Crippen molar-refractivity contribution in [3.63, 3.8) is 0 Å². The van der Waals surface area contributed by atoms with E-state index in [2.05, 4.69) is 241 Å². The van der Waals surface area contributed by atoms with Crippen LogP contribution in [-0.2, 0) is 6.42 Å². The van der Waals surface area contributed by atoms with Crippen molar-refractivity contribution in [2.24, 2.45) is 0 Å². The van der Waals surface area contributed by atoms with Crippen LogP contribution in [0.15, 0.2) is 212 Å². The van der Waals surface area contributed by atoms with E-state index in [0.717, 1.165) is 17.8 Å². The van der Waals surface area contributed by atoms with Gasteiger partial charge in [0.15, 0.2) is 0 Å². The van der Waals surface area contributed by atoms with Gasteiger partial charge in [0.1, 0.15) is 8.07 Å². The second-order valence-electron chi connectivity index (χ2n) is 16.9. The summed E-state index contributed by atoms with van der Waals surface area (Å²) in [7, 11) is -1.90. The summed E-state index contributed by atoms with van der Waals surface area (Å²) in [5, 5.41) is 7.92. The lowest BCUT2D eigenvalue weighted by molar-refractivity contribution is 1.13. The van der Waals surface area contributed by atoms with Crippen LogP contribution in [-0.4, -0.2) is 17.2 Å². The molecule has 0 spiro atoms. The van der Waals surface area contributed by atoms with Crippen LogP contribution in [0.3, 0.4) is 0 Å². The Morgan fingerprint density at radius 1 is 0.328 bits per heavy atom. The number of aromatic nitrogens is 2. The number of benzene rings is 9. The molecule has 2 heterocycles. The molecule has 0 aliphatic rings. The second kappa shape index (κ2) is 14.8. The summed E-state index contributed by atoms with van der Waals surface area (Å²) in [4.78, 5) is 0. The van der Waals surface area contributed by atoms with Gasteiger partial charge in [-0.25, -0.2) is 0 Å². The van der Waals surface area contributed by atoms with Crippen molar-refractivity contribution in [3.8, 4) is 44.8 Å². The maximum absolute atomic E-state index is 2.46. The molecule has 3 heteroatoms. The molecule has 2 nitrogen and oxygen atoms in total. The Labute approximate surface area is 358 Å². The van der Waals surface area contributed by atoms with Crippen molar-refractivity contribution in [1.82, 2.24) is 9.13 Å². The lowest BCUT2D eigenvalue weighted by atomic mass is 9.99. The molecule has 61 heavy (non-hydrogen) atoms. The first-order valence-electron chi connectivity index (χ1n) is 21.5. The first-order chi connectivity index (χ1) is 29.9. The Morgan fingerprint density at radius 3 is 0.967 bits per heavy atom. The molecule has 292 valence electrons. The van der Waals surface area contributed by atoms with E-state index in [0.29, 0.717) is 0 Å². The predicted octanol–water partition coefficient (Wildman–Crippen LogP) is 14.3. The lowest BCUT2D eigenvalue weighted by Gasteiger charge is -2.24. The first kappa shape index (κ1) is 36.8. The largest absolute Gasteiger partial charge is 0.309 e. The maximum atomic E-state index is 2.46. The Morgan fingerprint density at radius 2 is 0.623 bits per heavy atom. The summed E-state index contributed by atoms with van der Waals surface area (Å²) in [6, 6.07) is 79.0. The smallest absolute Gasteiger partial charge is 0.112 e. The normalized spacial score (nSPS) is 11.9. The van der Waals surface area contributed by atoms with Gasteiger partial charge in [0.05, 0.1) is 22.1 Å². The van der Waals surface area contributed by atoms with Crippen LogP contribution >= 0.6 is 0 Å². The molecule has 2 aromatic heterocycles. The fourth-order valence-corrected chi connectivity index (χ4v) is 11.9. The van der Waals surface area contributed by atoms with E-state index in [1.54, 1.807) is 0 Å². The highest BCUT2D eigenvalue weighted by Crippen LogP contribution is 2.38. The molecule has 0 aliphatic heterocycles. The molecule has 11 aromatic rings. The average molecular weight is 799 g/mol. The van der Waals surface area contributed by atoms with Crippen LogP contribution < -0.4 is 10.4 Å². The number of aryl methyl sites for hydroxylation is 1. The van der Waals surface area contributed by atoms with Crippen LogP contribution in [0.25, 0.3) is 88.4 Å². The highest BCUT2D eigenvalue weighted by molar-refractivity contribution is 7.00. The van der Waals surface area contributed by atoms with Crippen molar-refractivity contribution < 1.29 is 0 Å². The summed E-state index contributed by atoms with van der Waals surface area (Å²) in [6.07, 6.45) is 1.06. The van der Waals surface area contributed by atoms with E-state index in [4.69, 9.17) is 0 Å². The fourth-order valence-electron chi connectivity index (χ4n) is 9.53. The molecule has 0 saturated heterocycles. The van der Waals surface area contributed by atoms with Crippen molar-refractivity contribution in [3.05, 3.63) is 218 Å². The monoisotopic (exact) mass is 798 g/mol. The van der Waals surface area contributed by atoms with E-state index < -0.39 is 8.07 Å². The van der Waals surface area contributed by atoms with Crippen LogP contribution in [0.5, 0.6) is 0 Å². The molecular formula is C58H46N2Si. The lowest BCUT2D eigenvalue weighted by Crippen LogP contribution is -2.52. The third-order valence-electron chi connectivity index (χ3n) is 13.0. The Bertz CT molecular complexity index is 3150. The number of hydrogen-bond donors (Lipinski definition) is 0. The molecular weight excluding hydrogens is 753 g/mol. The Hall–Kier alpha value is -7.20. The van der Waals surface area contributed by atoms with Gasteiger partial charge < -0.3 is 9.13 Å². The van der Waals surface area contributed by atoms with Crippen molar-refractivity contribution in [2.75, 3.05) is 0 Å². The molecule has 0 radical (unpaired) electrons. The highest BCUT2D eigenvalue weighted by atomic mass is 28.3. The second-order valence-corrected chi connectivity index (χ2v) is 21.3. The summed E-state index contributed by atoms with van der Waals surface area (Å²) in [5.74, 6) is 0. The summed E-state index contributed by atoms with van der Waals surface area (Å²) in [5.41, 5.74) is 15.8. The van der Waals surface area contributed by atoms with E-state index in [-0.39, 0.29) is 0 Å². The average Bonchev–Trinajstić information content (AvgIpc) is 3.85. The molecule has 0 unspecified atom stereocenters. The summed E-state index contributed by atoms with van der Waals surface area (Å²) < 4.78 is 4.87. The van der Waals surface area contributed by atoms with E-state index in [9.17, 15) is 0 Å². The first-order valence-corrected chi connectivity index (χ1v) is 24.5. The van der Waals surface area contributed by atoms with Crippen molar-refractivity contribution in [2.45, 2.75) is 26.4 Å². The molecule has 0 amide bonds. The van der Waals surface area contributed by atoms with Gasteiger partial charge >= 0.3 is 0 Å². The van der Waals surface area contributed by atoms with E-state index in [1.165, 1.54) is 92.9 Å². The summed E-state index contributed by atoms with van der Waals surface area (Å²) in [6.45, 7) is 7.13. The Kier molecular flexibility index (Phi) is 8.95. The van der Waals surface area contributed by atoms with Gasteiger partial charge in [-0.05, 0) is 87.8 Å². The zero-order valence-corrected chi connectivity index (χ0v) is 35.8. The molecule has 0 bridgehead atoms. The third-order valence-corrected chi connectivity index (χ3v) is 16.6. The van der Waals surface area contributed by atoms with Crippen LogP contribution in [0.4, 0.5) is 0 Å². The van der Waals surface area contributed by atoms with Gasteiger partial charge in [-0.3, -0.25) is 0 Å². The molecule has 0 aliphatic carbocycles. The zero-order valence-electron chi connectivity index (χ0n) is 34.8. The topological polar surface area (TPSA) is 9.86 Å². The maximum Gasteiger partial charge on any atom is 0.112 e. The number of nitrogens with zero attached hydrogens (tertiary/aromatic N) is 2. The standard InChI is InChI=1S/C58H46N2Si/c1-4-40-21-23-41(24-22-40)43-29-33-49(34-30-43)61(2,3)50-35-31-44(32-36-50)42-25-27-45(28-26-42)46-37-47(59-55-17-9-5-13-51(55)52-14-6-10-18-56(52)59)39-48(38-46)60-57-19-11-7-15-53(57)54-16-8-12-20-58(54)60/h5-39H,4H2,1-3H3. The van der Waals surface area contributed by atoms with Gasteiger partial charge in [-0.1, -0.05) is 200 Å². The molecule has 9 aromatic carbocycles. The minimum atomic E-state index is -1.90. The number of para-hydroxylation sites is 4. The zero-order chi connectivity index (χ0) is 41.1. The van der Waals surface area contributed by atoms with Gasteiger partial charge in [-0.15, -0.1) is 0 Å². The molecule has 0 fully saturated rings. The molecule has 0 N–H and O–H groups in total. The SMILES string of the molecule is CCc1ccc(-c2ccc([Si](C)(C)c3ccc(-c4ccc(-c5cc(-n6c7ccccc7c7ccccc76)cc(-n6c7ccccc7c7ccccc76)c5)cc4)cc3)cc2)cc1. The summed E-state index contributed by atoms with van der Waals surface area (Å²) >= 11 is 0. The minimum absolute atomic E-state index is 1.06. The molecule has 0 atom stereocenters. The van der Waals surface area contributed by atoms with Crippen LogP contribution in [0, 0.1) is 0 Å².